The van der Waals surface area contributed by atoms with Gasteiger partial charge in [-0.1, -0.05) is 18.3 Å². The molecule has 6 nitrogen and oxygen atoms in total. The third-order valence-electron chi connectivity index (χ3n) is 1.20. The number of nitrogens with zero attached hydrogens (tertiary/aromatic N) is 2. The SMILES string of the molecule is CCSC(NC(=O)O)Nc1nncs1. The summed E-state index contributed by atoms with van der Waals surface area (Å²) in [7, 11) is 0. The first-order chi connectivity index (χ1) is 6.72. The van der Waals surface area contributed by atoms with E-state index < -0.39 is 6.09 Å². The molecule has 1 amide bonds. The Kier molecular flexibility index (Phi) is 4.47. The molecule has 1 atom stereocenters. The molecule has 0 saturated carbocycles. The molecule has 0 aliphatic heterocycles. The van der Waals surface area contributed by atoms with Crippen LogP contribution in [0, 0.1) is 0 Å². The molecule has 8 heteroatoms. The number of carbonyl (C=O) groups is 1. The first-order valence-electron chi connectivity index (χ1n) is 3.86. The van der Waals surface area contributed by atoms with Crippen LogP contribution in [0.2, 0.25) is 0 Å². The summed E-state index contributed by atoms with van der Waals surface area (Å²) in [5.74, 6) is 0.802. The third-order valence-corrected chi connectivity index (χ3v) is 2.73. The maximum Gasteiger partial charge on any atom is 0.406 e. The molecule has 0 radical (unpaired) electrons. The van der Waals surface area contributed by atoms with Crippen LogP contribution in [0.25, 0.3) is 0 Å². The lowest BCUT2D eigenvalue weighted by Crippen LogP contribution is -2.37. The molecular formula is C6H10N4O2S2. The zero-order valence-corrected chi connectivity index (χ0v) is 9.06. The van der Waals surface area contributed by atoms with Gasteiger partial charge in [-0.15, -0.1) is 22.0 Å². The van der Waals surface area contributed by atoms with E-state index >= 15 is 0 Å². The zero-order valence-electron chi connectivity index (χ0n) is 7.43. The number of hydrogen-bond donors (Lipinski definition) is 3. The van der Waals surface area contributed by atoms with Gasteiger partial charge in [0.15, 0.2) is 5.50 Å². The maximum absolute atomic E-state index is 10.4. The Morgan fingerprint density at radius 3 is 3.14 bits per heavy atom. The highest BCUT2D eigenvalue weighted by molar-refractivity contribution is 7.99. The van der Waals surface area contributed by atoms with Crippen molar-refractivity contribution in [3.8, 4) is 0 Å². The molecule has 78 valence electrons. The van der Waals surface area contributed by atoms with E-state index in [-0.39, 0.29) is 5.50 Å². The standard InChI is InChI=1S/C6H10N4O2S2/c1-2-13-4(9-6(11)12)8-5-10-7-3-14-5/h3-4,9H,2H2,1H3,(H,8,10)(H,11,12). The monoisotopic (exact) mass is 234 g/mol. The Morgan fingerprint density at radius 1 is 1.86 bits per heavy atom. The summed E-state index contributed by atoms with van der Waals surface area (Å²) in [6.45, 7) is 1.95. The summed E-state index contributed by atoms with van der Waals surface area (Å²) in [4.78, 5) is 10.4. The molecule has 0 saturated heterocycles. The Labute approximate surface area is 89.1 Å². The summed E-state index contributed by atoms with van der Waals surface area (Å²) >= 11 is 2.76. The number of amides is 1. The number of carboxylic acid groups (broad SMARTS) is 1. The van der Waals surface area contributed by atoms with E-state index in [1.54, 1.807) is 5.51 Å². The minimum Gasteiger partial charge on any atom is -0.465 e. The van der Waals surface area contributed by atoms with E-state index in [4.69, 9.17) is 5.11 Å². The topological polar surface area (TPSA) is 87.1 Å². The average Bonchev–Trinajstić information content (AvgIpc) is 2.56. The Balaban J connectivity index is 2.46. The van der Waals surface area contributed by atoms with Crippen molar-refractivity contribution in [2.24, 2.45) is 0 Å². The summed E-state index contributed by atoms with van der Waals surface area (Å²) in [6.07, 6.45) is -1.06. The van der Waals surface area contributed by atoms with Gasteiger partial charge in [0.1, 0.15) is 5.51 Å². The fourth-order valence-electron chi connectivity index (χ4n) is 0.746. The molecule has 1 unspecified atom stereocenters. The number of rotatable bonds is 5. The van der Waals surface area contributed by atoms with E-state index in [0.29, 0.717) is 5.13 Å². The summed E-state index contributed by atoms with van der Waals surface area (Å²) in [5.41, 5.74) is 1.20. The molecule has 3 N–H and O–H groups in total. The largest absolute Gasteiger partial charge is 0.465 e. The van der Waals surface area contributed by atoms with Gasteiger partial charge in [0.05, 0.1) is 0 Å². The molecule has 0 bridgehead atoms. The van der Waals surface area contributed by atoms with Gasteiger partial charge < -0.3 is 10.4 Å². The number of thioether (sulfide) groups is 1. The predicted molar refractivity (Wildman–Crippen MR) is 56.6 cm³/mol. The number of aromatic nitrogens is 2. The van der Waals surface area contributed by atoms with Gasteiger partial charge in [0.25, 0.3) is 0 Å². The van der Waals surface area contributed by atoms with Crippen molar-refractivity contribution in [3.63, 3.8) is 0 Å². The van der Waals surface area contributed by atoms with Crippen molar-refractivity contribution in [1.82, 2.24) is 15.5 Å². The van der Waals surface area contributed by atoms with Gasteiger partial charge in [-0.25, -0.2) is 4.79 Å². The molecule has 0 aliphatic carbocycles. The van der Waals surface area contributed by atoms with Crippen LogP contribution in [0.4, 0.5) is 9.93 Å². The normalized spacial score (nSPS) is 12.1. The maximum atomic E-state index is 10.4. The molecule has 0 aliphatic rings. The predicted octanol–water partition coefficient (Wildman–Crippen LogP) is 1.25. The first kappa shape index (κ1) is 11.1. The van der Waals surface area contributed by atoms with Crippen molar-refractivity contribution < 1.29 is 9.90 Å². The van der Waals surface area contributed by atoms with E-state index in [0.717, 1.165) is 5.75 Å². The van der Waals surface area contributed by atoms with Gasteiger partial charge in [0.2, 0.25) is 5.13 Å². The lowest BCUT2D eigenvalue weighted by molar-refractivity contribution is 0.194. The summed E-state index contributed by atoms with van der Waals surface area (Å²) < 4.78 is 0. The molecule has 1 aromatic rings. The molecule has 1 rings (SSSR count). The van der Waals surface area contributed by atoms with E-state index in [9.17, 15) is 4.79 Å². The molecule has 0 aromatic carbocycles. The Hall–Kier alpha value is -1.02. The Morgan fingerprint density at radius 2 is 2.64 bits per heavy atom. The van der Waals surface area contributed by atoms with Gasteiger partial charge in [-0.05, 0) is 5.75 Å². The minimum atomic E-state index is -1.06. The highest BCUT2D eigenvalue weighted by Gasteiger charge is 2.11. The zero-order chi connectivity index (χ0) is 10.4. The first-order valence-corrected chi connectivity index (χ1v) is 5.79. The lowest BCUT2D eigenvalue weighted by Gasteiger charge is -2.15. The molecule has 0 fully saturated rings. The van der Waals surface area contributed by atoms with Crippen molar-refractivity contribution in [2.45, 2.75) is 12.4 Å². The van der Waals surface area contributed by atoms with E-state index in [2.05, 4.69) is 20.8 Å². The lowest BCUT2D eigenvalue weighted by atomic mass is 10.9. The van der Waals surface area contributed by atoms with Crippen LogP contribution in [0.5, 0.6) is 0 Å². The molecule has 1 aromatic heterocycles. The van der Waals surface area contributed by atoms with Gasteiger partial charge >= 0.3 is 6.09 Å². The molecular weight excluding hydrogens is 224 g/mol. The van der Waals surface area contributed by atoms with Crippen LogP contribution in [0.3, 0.4) is 0 Å². The van der Waals surface area contributed by atoms with Crippen LogP contribution in [0.15, 0.2) is 5.51 Å². The number of anilines is 1. The minimum absolute atomic E-state index is 0.384. The summed E-state index contributed by atoms with van der Waals surface area (Å²) in [6, 6.07) is 0. The Bertz CT molecular complexity index is 279. The highest BCUT2D eigenvalue weighted by Crippen LogP contribution is 2.14. The van der Waals surface area contributed by atoms with E-state index in [1.165, 1.54) is 23.1 Å². The van der Waals surface area contributed by atoms with Crippen molar-refractivity contribution in [2.75, 3.05) is 11.1 Å². The van der Waals surface area contributed by atoms with E-state index in [1.807, 2.05) is 6.92 Å². The third kappa shape index (κ3) is 3.79. The van der Waals surface area contributed by atoms with Crippen LogP contribution < -0.4 is 10.6 Å². The van der Waals surface area contributed by atoms with Crippen molar-refractivity contribution in [1.29, 1.82) is 0 Å². The average molecular weight is 234 g/mol. The highest BCUT2D eigenvalue weighted by atomic mass is 32.2. The van der Waals surface area contributed by atoms with Crippen molar-refractivity contribution >= 4 is 34.3 Å². The van der Waals surface area contributed by atoms with Crippen LogP contribution in [0.1, 0.15) is 6.92 Å². The fourth-order valence-corrected chi connectivity index (χ4v) is 2.01. The molecule has 1 heterocycles. The number of hydrogen-bond acceptors (Lipinski definition) is 6. The second-order valence-corrected chi connectivity index (χ2v) is 4.39. The second kappa shape index (κ2) is 5.66. The van der Waals surface area contributed by atoms with Gasteiger partial charge in [-0.3, -0.25) is 5.32 Å². The van der Waals surface area contributed by atoms with Gasteiger partial charge in [0, 0.05) is 0 Å². The molecule has 0 spiro atoms. The van der Waals surface area contributed by atoms with Crippen LogP contribution in [-0.2, 0) is 0 Å². The summed E-state index contributed by atoms with van der Waals surface area (Å²) in [5, 5.41) is 21.8. The van der Waals surface area contributed by atoms with Crippen molar-refractivity contribution in [3.05, 3.63) is 5.51 Å². The second-order valence-electron chi connectivity index (χ2n) is 2.17. The van der Waals surface area contributed by atoms with Gasteiger partial charge in [-0.2, -0.15) is 0 Å². The number of nitrogens with one attached hydrogen (secondary N) is 2. The quantitative estimate of drug-likeness (QED) is 0.665. The van der Waals surface area contributed by atoms with Crippen LogP contribution >= 0.6 is 23.1 Å². The fraction of sp³-hybridized carbons (Fsp3) is 0.500. The molecule has 14 heavy (non-hydrogen) atoms. The smallest absolute Gasteiger partial charge is 0.406 e. The van der Waals surface area contributed by atoms with Crippen LogP contribution in [-0.4, -0.2) is 32.6 Å².